The van der Waals surface area contributed by atoms with Gasteiger partial charge in [-0.2, -0.15) is 0 Å². The van der Waals surface area contributed by atoms with Crippen molar-refractivity contribution in [2.24, 2.45) is 0 Å². The molecule has 2 rings (SSSR count). The van der Waals surface area contributed by atoms with Crippen LogP contribution in [0.5, 0.6) is 5.75 Å². The minimum atomic E-state index is -1.14. The topological polar surface area (TPSA) is 46.5 Å². The van der Waals surface area contributed by atoms with Gasteiger partial charge in [-0.25, -0.2) is 0 Å². The molecule has 1 N–H and O–H groups in total. The van der Waals surface area contributed by atoms with E-state index in [9.17, 15) is 9.90 Å². The highest BCUT2D eigenvalue weighted by atomic mass is 35.5. The summed E-state index contributed by atoms with van der Waals surface area (Å²) in [7, 11) is 0. The molecule has 1 atom stereocenters. The lowest BCUT2D eigenvalue weighted by atomic mass is 9.97. The third-order valence-electron chi connectivity index (χ3n) is 3.23. The van der Waals surface area contributed by atoms with Gasteiger partial charge in [0, 0.05) is 5.02 Å². The summed E-state index contributed by atoms with van der Waals surface area (Å²) in [6.45, 7) is 3.17. The van der Waals surface area contributed by atoms with Gasteiger partial charge in [0.1, 0.15) is 18.0 Å². The average molecular weight is 305 g/mol. The van der Waals surface area contributed by atoms with Crippen LogP contribution in [0.25, 0.3) is 0 Å². The van der Waals surface area contributed by atoms with E-state index in [-0.39, 0.29) is 12.4 Å². The highest BCUT2D eigenvalue weighted by Gasteiger charge is 2.24. The van der Waals surface area contributed by atoms with Crippen LogP contribution in [0.15, 0.2) is 48.5 Å². The molecule has 3 nitrogen and oxygen atoms in total. The van der Waals surface area contributed by atoms with Gasteiger partial charge >= 0.3 is 0 Å². The second-order valence-electron chi connectivity index (χ2n) is 5.13. The number of carbonyl (C=O) groups excluding carboxylic acids is 1. The molecule has 0 fully saturated rings. The predicted molar refractivity (Wildman–Crippen MR) is 83.0 cm³/mol. The maximum absolute atomic E-state index is 11.6. The van der Waals surface area contributed by atoms with E-state index in [1.165, 1.54) is 6.92 Å². The van der Waals surface area contributed by atoms with Crippen molar-refractivity contribution in [1.29, 1.82) is 0 Å². The Labute approximate surface area is 129 Å². The molecule has 21 heavy (non-hydrogen) atoms. The molecule has 0 bridgehead atoms. The molecule has 0 saturated heterocycles. The van der Waals surface area contributed by atoms with E-state index in [0.717, 1.165) is 5.56 Å². The lowest BCUT2D eigenvalue weighted by molar-refractivity contribution is 0.00732. The summed E-state index contributed by atoms with van der Waals surface area (Å²) < 4.78 is 5.64. The summed E-state index contributed by atoms with van der Waals surface area (Å²) in [5.41, 5.74) is 0.0179. The van der Waals surface area contributed by atoms with Gasteiger partial charge in [0.05, 0.1) is 5.56 Å². The molecular formula is C17H17ClO3. The van der Waals surface area contributed by atoms with Crippen LogP contribution in [0.3, 0.4) is 0 Å². The third-order valence-corrected chi connectivity index (χ3v) is 3.46. The van der Waals surface area contributed by atoms with E-state index < -0.39 is 5.60 Å². The molecule has 0 aliphatic carbocycles. The molecule has 0 saturated carbocycles. The van der Waals surface area contributed by atoms with Gasteiger partial charge in [-0.15, -0.1) is 0 Å². The Kier molecular flexibility index (Phi) is 4.66. The van der Waals surface area contributed by atoms with E-state index in [1.54, 1.807) is 25.1 Å². The molecule has 2 aromatic rings. The van der Waals surface area contributed by atoms with E-state index in [0.29, 0.717) is 16.3 Å². The Hall–Kier alpha value is -1.84. The second kappa shape index (κ2) is 6.29. The van der Waals surface area contributed by atoms with Gasteiger partial charge in [0.15, 0.2) is 5.78 Å². The first-order valence-corrected chi connectivity index (χ1v) is 6.99. The van der Waals surface area contributed by atoms with Crippen LogP contribution in [-0.2, 0) is 5.60 Å². The Morgan fingerprint density at radius 3 is 2.52 bits per heavy atom. The van der Waals surface area contributed by atoms with Crippen molar-refractivity contribution < 1.29 is 14.6 Å². The lowest BCUT2D eigenvalue weighted by Gasteiger charge is -2.24. The number of Topliss-reactive ketones (excluding diaryl/α,β-unsaturated/α-hetero) is 1. The quantitative estimate of drug-likeness (QED) is 0.854. The van der Waals surface area contributed by atoms with Crippen LogP contribution in [0.1, 0.15) is 29.8 Å². The molecule has 0 heterocycles. The van der Waals surface area contributed by atoms with Crippen LogP contribution < -0.4 is 4.74 Å². The van der Waals surface area contributed by atoms with Crippen LogP contribution in [0, 0.1) is 0 Å². The van der Waals surface area contributed by atoms with Gasteiger partial charge in [-0.3, -0.25) is 4.79 Å². The van der Waals surface area contributed by atoms with Crippen LogP contribution in [0.4, 0.5) is 0 Å². The molecule has 0 aliphatic rings. The summed E-state index contributed by atoms with van der Waals surface area (Å²) in [6, 6.07) is 14.1. The fourth-order valence-electron chi connectivity index (χ4n) is 2.00. The number of rotatable bonds is 5. The summed E-state index contributed by atoms with van der Waals surface area (Å²) in [5, 5.41) is 11.0. The van der Waals surface area contributed by atoms with Crippen molar-refractivity contribution in [1.82, 2.24) is 0 Å². The van der Waals surface area contributed by atoms with Crippen molar-refractivity contribution in [2.75, 3.05) is 6.61 Å². The summed E-state index contributed by atoms with van der Waals surface area (Å²) in [6.07, 6.45) is 0. The summed E-state index contributed by atoms with van der Waals surface area (Å²) in [5.74, 6) is 0.287. The zero-order valence-electron chi connectivity index (χ0n) is 12.0. The molecule has 0 aliphatic heterocycles. The monoisotopic (exact) mass is 304 g/mol. The highest BCUT2D eigenvalue weighted by Crippen LogP contribution is 2.26. The molecular weight excluding hydrogens is 288 g/mol. The fraction of sp³-hybridized carbons (Fsp3) is 0.235. The van der Waals surface area contributed by atoms with Crippen molar-refractivity contribution in [2.45, 2.75) is 19.4 Å². The number of ketones is 1. The SMILES string of the molecule is CC(=O)c1cc(Cl)ccc1OCC(C)(O)c1ccccc1. The summed E-state index contributed by atoms with van der Waals surface area (Å²) >= 11 is 5.89. The molecule has 0 amide bonds. The molecule has 2 aromatic carbocycles. The zero-order valence-corrected chi connectivity index (χ0v) is 12.7. The van der Waals surface area contributed by atoms with Crippen LogP contribution in [0.2, 0.25) is 5.02 Å². The first-order chi connectivity index (χ1) is 9.90. The van der Waals surface area contributed by atoms with Gasteiger partial charge in [0.25, 0.3) is 0 Å². The number of ether oxygens (including phenoxy) is 1. The molecule has 0 spiro atoms. The minimum Gasteiger partial charge on any atom is -0.489 e. The first-order valence-electron chi connectivity index (χ1n) is 6.61. The smallest absolute Gasteiger partial charge is 0.163 e. The number of benzene rings is 2. The number of halogens is 1. The Morgan fingerprint density at radius 1 is 1.24 bits per heavy atom. The second-order valence-corrected chi connectivity index (χ2v) is 5.56. The first kappa shape index (κ1) is 15.5. The number of hydrogen-bond donors (Lipinski definition) is 1. The largest absolute Gasteiger partial charge is 0.489 e. The minimum absolute atomic E-state index is 0.0406. The molecule has 0 radical (unpaired) electrons. The van der Waals surface area contributed by atoms with Crippen LogP contribution >= 0.6 is 11.6 Å². The zero-order chi connectivity index (χ0) is 15.5. The van der Waals surface area contributed by atoms with Gasteiger partial charge in [0.2, 0.25) is 0 Å². The predicted octanol–water partition coefficient (Wildman–Crippen LogP) is 3.83. The van der Waals surface area contributed by atoms with Crippen molar-refractivity contribution in [3.8, 4) is 5.75 Å². The fourth-order valence-corrected chi connectivity index (χ4v) is 2.17. The number of aliphatic hydroxyl groups is 1. The van der Waals surface area contributed by atoms with E-state index in [4.69, 9.17) is 16.3 Å². The van der Waals surface area contributed by atoms with E-state index in [2.05, 4.69) is 0 Å². The average Bonchev–Trinajstić information content (AvgIpc) is 2.47. The molecule has 110 valence electrons. The maximum atomic E-state index is 11.6. The maximum Gasteiger partial charge on any atom is 0.163 e. The summed E-state index contributed by atoms with van der Waals surface area (Å²) in [4.78, 5) is 11.6. The number of hydrogen-bond acceptors (Lipinski definition) is 3. The van der Waals surface area contributed by atoms with Crippen molar-refractivity contribution >= 4 is 17.4 Å². The third kappa shape index (κ3) is 3.84. The number of carbonyl (C=O) groups is 1. The normalized spacial score (nSPS) is 13.5. The van der Waals surface area contributed by atoms with Crippen molar-refractivity contribution in [3.05, 3.63) is 64.7 Å². The highest BCUT2D eigenvalue weighted by molar-refractivity contribution is 6.31. The van der Waals surface area contributed by atoms with Gasteiger partial charge < -0.3 is 9.84 Å². The van der Waals surface area contributed by atoms with Crippen molar-refractivity contribution in [3.63, 3.8) is 0 Å². The van der Waals surface area contributed by atoms with Crippen LogP contribution in [-0.4, -0.2) is 17.5 Å². The molecule has 1 unspecified atom stereocenters. The van der Waals surface area contributed by atoms with E-state index >= 15 is 0 Å². The lowest BCUT2D eigenvalue weighted by Crippen LogP contribution is -2.29. The standard InChI is InChI=1S/C17H17ClO3/c1-12(19)15-10-14(18)8-9-16(15)21-11-17(2,20)13-6-4-3-5-7-13/h3-10,20H,11H2,1-2H3. The molecule has 0 aromatic heterocycles. The van der Waals surface area contributed by atoms with Gasteiger partial charge in [-0.05, 0) is 37.6 Å². The Morgan fingerprint density at radius 2 is 1.90 bits per heavy atom. The Bertz CT molecular complexity index is 636. The molecule has 4 heteroatoms. The van der Waals surface area contributed by atoms with Gasteiger partial charge in [-0.1, -0.05) is 41.9 Å². The Balaban J connectivity index is 2.18. The van der Waals surface area contributed by atoms with E-state index in [1.807, 2.05) is 30.3 Å².